The zero-order chi connectivity index (χ0) is 18.6. The third kappa shape index (κ3) is 7.34. The summed E-state index contributed by atoms with van der Waals surface area (Å²) in [6.45, 7) is 8.26. The predicted octanol–water partition coefficient (Wildman–Crippen LogP) is 5.93. The number of anilines is 2. The highest BCUT2D eigenvalue weighted by Crippen LogP contribution is 2.19. The van der Waals surface area contributed by atoms with E-state index in [0.717, 1.165) is 36.3 Å². The van der Waals surface area contributed by atoms with Gasteiger partial charge in [0.05, 0.1) is 11.4 Å². The van der Waals surface area contributed by atoms with E-state index in [2.05, 4.69) is 41.5 Å². The van der Waals surface area contributed by atoms with Crippen molar-refractivity contribution < 1.29 is 0 Å². The molecule has 0 aliphatic heterocycles. The van der Waals surface area contributed by atoms with Gasteiger partial charge in [0.25, 0.3) is 0 Å². The smallest absolute Gasteiger partial charge is 0.0561 e. The molecule has 4 nitrogen and oxygen atoms in total. The van der Waals surface area contributed by atoms with E-state index >= 15 is 0 Å². The van der Waals surface area contributed by atoms with Crippen LogP contribution >= 0.6 is 0 Å². The molecule has 136 valence electrons. The molecule has 0 heterocycles. The Morgan fingerprint density at radius 1 is 0.962 bits per heavy atom. The molecular formula is C22H28N4. The maximum Gasteiger partial charge on any atom is 0.0561 e. The van der Waals surface area contributed by atoms with Crippen LogP contribution in [0.2, 0.25) is 0 Å². The van der Waals surface area contributed by atoms with Crippen molar-refractivity contribution in [3.63, 3.8) is 0 Å². The minimum atomic E-state index is 0.401. The Bertz CT molecular complexity index is 720. The molecule has 2 rings (SSSR count). The van der Waals surface area contributed by atoms with E-state index < -0.39 is 0 Å². The number of hydrogen-bond donors (Lipinski definition) is 2. The van der Waals surface area contributed by atoms with Gasteiger partial charge in [0.2, 0.25) is 0 Å². The van der Waals surface area contributed by atoms with Crippen molar-refractivity contribution in [2.24, 2.45) is 16.1 Å². The topological polar surface area (TPSA) is 48.8 Å². The fourth-order valence-electron chi connectivity index (χ4n) is 2.49. The number of benzene rings is 2. The van der Waals surface area contributed by atoms with Crippen LogP contribution in [0, 0.1) is 5.92 Å². The lowest BCUT2D eigenvalue weighted by atomic mass is 9.92. The van der Waals surface area contributed by atoms with Crippen LogP contribution in [0.1, 0.15) is 33.1 Å². The van der Waals surface area contributed by atoms with Gasteiger partial charge in [0, 0.05) is 11.9 Å². The SMILES string of the molecule is C=C(C)[C@@H](CC=NNc1ccccc1)CCC(C)=NNc1ccccc1. The molecule has 0 unspecified atom stereocenters. The Hall–Kier alpha value is -2.88. The minimum Gasteiger partial charge on any atom is -0.279 e. The van der Waals surface area contributed by atoms with Crippen molar-refractivity contribution in [3.05, 3.63) is 72.8 Å². The first kappa shape index (κ1) is 19.4. The second kappa shape index (κ2) is 10.9. The van der Waals surface area contributed by atoms with Crippen LogP contribution in [0.25, 0.3) is 0 Å². The van der Waals surface area contributed by atoms with Gasteiger partial charge in [-0.05, 0) is 63.3 Å². The molecule has 0 aliphatic carbocycles. The van der Waals surface area contributed by atoms with Crippen molar-refractivity contribution in [3.8, 4) is 0 Å². The third-order valence-corrected chi connectivity index (χ3v) is 4.15. The molecule has 0 aromatic heterocycles. The Labute approximate surface area is 156 Å². The van der Waals surface area contributed by atoms with Crippen LogP contribution in [0.3, 0.4) is 0 Å². The first-order chi connectivity index (χ1) is 12.6. The average molecular weight is 348 g/mol. The standard InChI is InChI=1S/C22H28N4/c1-18(2)20(16-17-23-25-21-10-6-4-7-11-21)15-14-19(3)24-26-22-12-8-5-9-13-22/h4-13,17,20,25-26H,1,14-16H2,2-3H3/t20-/m1/s1. The van der Waals surface area contributed by atoms with Crippen molar-refractivity contribution in [2.75, 3.05) is 10.9 Å². The number of rotatable bonds is 10. The van der Waals surface area contributed by atoms with Crippen LogP contribution < -0.4 is 10.9 Å². The van der Waals surface area contributed by atoms with Gasteiger partial charge < -0.3 is 0 Å². The molecule has 0 bridgehead atoms. The van der Waals surface area contributed by atoms with Gasteiger partial charge in [-0.2, -0.15) is 10.2 Å². The number of para-hydroxylation sites is 2. The second-order valence-electron chi connectivity index (χ2n) is 6.43. The fraction of sp³-hybridized carbons (Fsp3) is 0.273. The molecule has 2 aromatic rings. The molecule has 0 amide bonds. The van der Waals surface area contributed by atoms with E-state index in [1.165, 1.54) is 5.57 Å². The zero-order valence-corrected chi connectivity index (χ0v) is 15.7. The van der Waals surface area contributed by atoms with Gasteiger partial charge in [-0.1, -0.05) is 48.6 Å². The van der Waals surface area contributed by atoms with Crippen molar-refractivity contribution in [2.45, 2.75) is 33.1 Å². The molecule has 2 N–H and O–H groups in total. The largest absolute Gasteiger partial charge is 0.279 e. The number of allylic oxidation sites excluding steroid dienone is 1. The van der Waals surface area contributed by atoms with E-state index in [0.29, 0.717) is 5.92 Å². The van der Waals surface area contributed by atoms with Gasteiger partial charge in [-0.15, -0.1) is 0 Å². The molecule has 2 aromatic carbocycles. The Morgan fingerprint density at radius 2 is 1.54 bits per heavy atom. The molecule has 1 atom stereocenters. The van der Waals surface area contributed by atoms with E-state index in [1.807, 2.05) is 66.9 Å². The van der Waals surface area contributed by atoms with Crippen molar-refractivity contribution in [1.82, 2.24) is 0 Å². The molecule has 0 fully saturated rings. The van der Waals surface area contributed by atoms with Crippen LogP contribution in [0.4, 0.5) is 11.4 Å². The van der Waals surface area contributed by atoms with Crippen LogP contribution in [-0.4, -0.2) is 11.9 Å². The van der Waals surface area contributed by atoms with Crippen LogP contribution in [0.15, 0.2) is 83.0 Å². The van der Waals surface area contributed by atoms with Gasteiger partial charge in [0.15, 0.2) is 0 Å². The summed E-state index contributed by atoms with van der Waals surface area (Å²) in [5.74, 6) is 0.401. The van der Waals surface area contributed by atoms with Crippen molar-refractivity contribution in [1.29, 1.82) is 0 Å². The summed E-state index contributed by atoms with van der Waals surface area (Å²) in [6, 6.07) is 19.9. The number of nitrogens with zero attached hydrogens (tertiary/aromatic N) is 2. The number of nitrogens with one attached hydrogen (secondary N) is 2. The van der Waals surface area contributed by atoms with E-state index in [-0.39, 0.29) is 0 Å². The van der Waals surface area contributed by atoms with Crippen LogP contribution in [-0.2, 0) is 0 Å². The van der Waals surface area contributed by atoms with E-state index in [9.17, 15) is 0 Å². The van der Waals surface area contributed by atoms with E-state index in [1.54, 1.807) is 0 Å². The Kier molecular flexibility index (Phi) is 8.13. The number of hydrogen-bond acceptors (Lipinski definition) is 4. The maximum atomic E-state index is 4.45. The molecule has 0 aliphatic rings. The number of hydrazone groups is 2. The second-order valence-corrected chi connectivity index (χ2v) is 6.43. The molecule has 0 saturated carbocycles. The summed E-state index contributed by atoms with van der Waals surface area (Å²) in [5.41, 5.74) is 10.4. The molecule has 0 saturated heterocycles. The Balaban J connectivity index is 1.77. The molecule has 0 radical (unpaired) electrons. The quantitative estimate of drug-likeness (QED) is 0.317. The van der Waals surface area contributed by atoms with Crippen LogP contribution in [0.5, 0.6) is 0 Å². The third-order valence-electron chi connectivity index (χ3n) is 4.15. The summed E-state index contributed by atoms with van der Waals surface area (Å²) in [6.07, 6.45) is 4.74. The molecule has 4 heteroatoms. The first-order valence-corrected chi connectivity index (χ1v) is 8.97. The lowest BCUT2D eigenvalue weighted by molar-refractivity contribution is 0.601. The lowest BCUT2D eigenvalue weighted by Crippen LogP contribution is -2.07. The fourth-order valence-corrected chi connectivity index (χ4v) is 2.49. The van der Waals surface area contributed by atoms with Gasteiger partial charge in [-0.25, -0.2) is 0 Å². The van der Waals surface area contributed by atoms with Gasteiger partial charge in [-0.3, -0.25) is 10.9 Å². The van der Waals surface area contributed by atoms with Gasteiger partial charge >= 0.3 is 0 Å². The van der Waals surface area contributed by atoms with E-state index in [4.69, 9.17) is 0 Å². The molecule has 0 spiro atoms. The highest BCUT2D eigenvalue weighted by atomic mass is 15.3. The summed E-state index contributed by atoms with van der Waals surface area (Å²) in [4.78, 5) is 0. The average Bonchev–Trinajstić information content (AvgIpc) is 2.67. The summed E-state index contributed by atoms with van der Waals surface area (Å²) >= 11 is 0. The van der Waals surface area contributed by atoms with Crippen molar-refractivity contribution >= 4 is 23.3 Å². The van der Waals surface area contributed by atoms with Gasteiger partial charge in [0.1, 0.15) is 0 Å². The highest BCUT2D eigenvalue weighted by molar-refractivity contribution is 5.82. The summed E-state index contributed by atoms with van der Waals surface area (Å²) in [5, 5.41) is 8.76. The monoisotopic (exact) mass is 348 g/mol. The summed E-state index contributed by atoms with van der Waals surface area (Å²) < 4.78 is 0. The normalized spacial score (nSPS) is 12.8. The zero-order valence-electron chi connectivity index (χ0n) is 15.7. The first-order valence-electron chi connectivity index (χ1n) is 8.97. The predicted molar refractivity (Wildman–Crippen MR) is 114 cm³/mol. The lowest BCUT2D eigenvalue weighted by Gasteiger charge is -2.14. The molecular weight excluding hydrogens is 320 g/mol. The highest BCUT2D eigenvalue weighted by Gasteiger charge is 2.09. The summed E-state index contributed by atoms with van der Waals surface area (Å²) in [7, 11) is 0. The molecule has 26 heavy (non-hydrogen) atoms. The minimum absolute atomic E-state index is 0.401. The Morgan fingerprint density at radius 3 is 2.12 bits per heavy atom. The maximum absolute atomic E-state index is 4.45.